The highest BCUT2D eigenvalue weighted by atomic mass is 35.5. The molecule has 1 amide bonds. The molecule has 1 rings (SSSR count). The molecule has 0 aliphatic rings. The van der Waals surface area contributed by atoms with E-state index in [0.29, 0.717) is 10.7 Å². The molecular formula is C13H14ClN3O2. The number of aryl methyl sites for hydroxylation is 1. The molecule has 0 aliphatic carbocycles. The fourth-order valence-corrected chi connectivity index (χ4v) is 1.44. The molecule has 0 radical (unpaired) electrons. The molecule has 0 spiro atoms. The van der Waals surface area contributed by atoms with Crippen molar-refractivity contribution >= 4 is 23.2 Å². The number of nitrogens with zero attached hydrogens (tertiary/aromatic N) is 1. The molecule has 0 bridgehead atoms. The zero-order valence-electron chi connectivity index (χ0n) is 10.4. The highest BCUT2D eigenvalue weighted by Gasteiger charge is 2.09. The van der Waals surface area contributed by atoms with E-state index >= 15 is 0 Å². The van der Waals surface area contributed by atoms with E-state index < -0.39 is 5.91 Å². The lowest BCUT2D eigenvalue weighted by molar-refractivity contribution is -0.112. The summed E-state index contributed by atoms with van der Waals surface area (Å²) >= 11 is 5.94. The van der Waals surface area contributed by atoms with Gasteiger partial charge >= 0.3 is 0 Å². The van der Waals surface area contributed by atoms with Crippen LogP contribution in [0.4, 0.5) is 5.69 Å². The van der Waals surface area contributed by atoms with Gasteiger partial charge in [-0.2, -0.15) is 5.26 Å². The van der Waals surface area contributed by atoms with Gasteiger partial charge in [0.05, 0.1) is 6.61 Å². The number of rotatable bonds is 5. The number of aliphatic hydroxyl groups excluding tert-OH is 1. The number of aliphatic hydroxyl groups is 1. The summed E-state index contributed by atoms with van der Waals surface area (Å²) < 4.78 is 0. The van der Waals surface area contributed by atoms with Gasteiger partial charge in [0, 0.05) is 23.5 Å². The predicted molar refractivity (Wildman–Crippen MR) is 73.6 cm³/mol. The Bertz CT molecular complexity index is 535. The SMILES string of the molecule is Cc1ccc(NC(=O)/C(C#N)=C\NCCO)cc1Cl. The number of amides is 1. The Kier molecular flexibility index (Phi) is 5.86. The minimum Gasteiger partial charge on any atom is -0.395 e. The van der Waals surface area contributed by atoms with Crippen LogP contribution in [0.3, 0.4) is 0 Å². The van der Waals surface area contributed by atoms with Gasteiger partial charge in [-0.3, -0.25) is 4.79 Å². The average molecular weight is 280 g/mol. The van der Waals surface area contributed by atoms with Crippen molar-refractivity contribution in [3.05, 3.63) is 40.6 Å². The molecule has 5 nitrogen and oxygen atoms in total. The van der Waals surface area contributed by atoms with Crippen LogP contribution in [0.1, 0.15) is 5.56 Å². The molecule has 6 heteroatoms. The highest BCUT2D eigenvalue weighted by molar-refractivity contribution is 6.31. The van der Waals surface area contributed by atoms with Crippen LogP contribution in [0.2, 0.25) is 5.02 Å². The van der Waals surface area contributed by atoms with Crippen molar-refractivity contribution in [2.45, 2.75) is 6.92 Å². The van der Waals surface area contributed by atoms with Crippen LogP contribution >= 0.6 is 11.6 Å². The van der Waals surface area contributed by atoms with E-state index in [2.05, 4.69) is 10.6 Å². The molecule has 0 saturated carbocycles. The minimum absolute atomic E-state index is 0.0786. The molecule has 3 N–H and O–H groups in total. The Morgan fingerprint density at radius 1 is 1.58 bits per heavy atom. The Morgan fingerprint density at radius 3 is 2.89 bits per heavy atom. The number of carbonyl (C=O) groups is 1. The number of benzene rings is 1. The third-order valence-electron chi connectivity index (χ3n) is 2.30. The zero-order valence-corrected chi connectivity index (χ0v) is 11.2. The van der Waals surface area contributed by atoms with Gasteiger partial charge in [0.15, 0.2) is 0 Å². The predicted octanol–water partition coefficient (Wildman–Crippen LogP) is 1.58. The smallest absolute Gasteiger partial charge is 0.267 e. The van der Waals surface area contributed by atoms with Gasteiger partial charge in [0.2, 0.25) is 0 Å². The fraction of sp³-hybridized carbons (Fsp3) is 0.231. The summed E-state index contributed by atoms with van der Waals surface area (Å²) in [4.78, 5) is 11.8. The summed E-state index contributed by atoms with van der Waals surface area (Å²) in [5, 5.41) is 23.2. The number of hydrogen-bond donors (Lipinski definition) is 3. The maximum Gasteiger partial charge on any atom is 0.267 e. The Morgan fingerprint density at radius 2 is 2.32 bits per heavy atom. The molecule has 0 fully saturated rings. The molecule has 0 unspecified atom stereocenters. The average Bonchev–Trinajstić information content (AvgIpc) is 2.39. The van der Waals surface area contributed by atoms with Crippen LogP contribution in [0.15, 0.2) is 30.0 Å². The lowest BCUT2D eigenvalue weighted by atomic mass is 10.2. The van der Waals surface area contributed by atoms with E-state index in [9.17, 15) is 4.79 Å². The van der Waals surface area contributed by atoms with Crippen molar-refractivity contribution in [2.24, 2.45) is 0 Å². The molecule has 0 heterocycles. The maximum absolute atomic E-state index is 11.8. The standard InChI is InChI=1S/C13H14ClN3O2/c1-9-2-3-11(6-12(9)14)17-13(19)10(7-15)8-16-4-5-18/h2-3,6,8,16,18H,4-5H2,1H3,(H,17,19)/b10-8-. The first kappa shape index (κ1) is 15.0. The quantitative estimate of drug-likeness (QED) is 0.434. The van der Waals surface area contributed by atoms with Crippen LogP contribution < -0.4 is 10.6 Å². The van der Waals surface area contributed by atoms with Crippen LogP contribution in [0, 0.1) is 18.3 Å². The summed E-state index contributed by atoms with van der Waals surface area (Å²) in [5.41, 5.74) is 1.34. The van der Waals surface area contributed by atoms with Gasteiger partial charge in [-0.1, -0.05) is 17.7 Å². The molecule has 0 aromatic heterocycles. The maximum atomic E-state index is 11.8. The number of nitrogens with one attached hydrogen (secondary N) is 2. The fourth-order valence-electron chi connectivity index (χ4n) is 1.26. The van der Waals surface area contributed by atoms with Crippen molar-refractivity contribution in [1.82, 2.24) is 5.32 Å². The van der Waals surface area contributed by atoms with Crippen molar-refractivity contribution in [2.75, 3.05) is 18.5 Å². The Hall–Kier alpha value is -2.03. The second kappa shape index (κ2) is 7.41. The normalized spacial score (nSPS) is 10.7. The summed E-state index contributed by atoms with van der Waals surface area (Å²) in [6.45, 7) is 2.05. The monoisotopic (exact) mass is 279 g/mol. The van der Waals surface area contributed by atoms with Gasteiger partial charge in [-0.15, -0.1) is 0 Å². The van der Waals surface area contributed by atoms with E-state index in [1.165, 1.54) is 6.20 Å². The number of carbonyl (C=O) groups excluding carboxylic acids is 1. The number of halogens is 1. The summed E-state index contributed by atoms with van der Waals surface area (Å²) in [6.07, 6.45) is 1.27. The van der Waals surface area contributed by atoms with Crippen molar-refractivity contribution in [3.8, 4) is 6.07 Å². The number of anilines is 1. The van der Waals surface area contributed by atoms with Crippen LogP contribution in [-0.4, -0.2) is 24.2 Å². The third kappa shape index (κ3) is 4.62. The Labute approximate surface area is 116 Å². The first-order valence-electron chi connectivity index (χ1n) is 5.60. The van der Waals surface area contributed by atoms with Gasteiger partial charge in [-0.25, -0.2) is 0 Å². The minimum atomic E-state index is -0.534. The van der Waals surface area contributed by atoms with Crippen LogP contribution in [0.5, 0.6) is 0 Å². The van der Waals surface area contributed by atoms with E-state index in [4.69, 9.17) is 22.0 Å². The first-order chi connectivity index (χ1) is 9.08. The number of hydrogen-bond acceptors (Lipinski definition) is 4. The number of nitriles is 1. The summed E-state index contributed by atoms with van der Waals surface area (Å²) in [7, 11) is 0. The molecule has 19 heavy (non-hydrogen) atoms. The lowest BCUT2D eigenvalue weighted by Crippen LogP contribution is -2.18. The van der Waals surface area contributed by atoms with E-state index in [-0.39, 0.29) is 18.7 Å². The van der Waals surface area contributed by atoms with Crippen LogP contribution in [-0.2, 0) is 4.79 Å². The van der Waals surface area contributed by atoms with Crippen molar-refractivity contribution < 1.29 is 9.90 Å². The van der Waals surface area contributed by atoms with Crippen molar-refractivity contribution in [3.63, 3.8) is 0 Å². The molecule has 0 saturated heterocycles. The van der Waals surface area contributed by atoms with Gasteiger partial charge in [0.1, 0.15) is 11.6 Å². The lowest BCUT2D eigenvalue weighted by Gasteiger charge is -2.06. The second-order valence-corrected chi connectivity index (χ2v) is 4.17. The van der Waals surface area contributed by atoms with E-state index in [0.717, 1.165) is 5.56 Å². The summed E-state index contributed by atoms with van der Waals surface area (Å²) in [5.74, 6) is -0.534. The van der Waals surface area contributed by atoms with Gasteiger partial charge in [-0.05, 0) is 24.6 Å². The highest BCUT2D eigenvalue weighted by Crippen LogP contribution is 2.20. The van der Waals surface area contributed by atoms with E-state index in [1.807, 2.05) is 6.92 Å². The molecule has 0 aliphatic heterocycles. The molecule has 0 atom stereocenters. The molecule has 1 aromatic rings. The second-order valence-electron chi connectivity index (χ2n) is 3.77. The third-order valence-corrected chi connectivity index (χ3v) is 2.70. The largest absolute Gasteiger partial charge is 0.395 e. The van der Waals surface area contributed by atoms with E-state index in [1.54, 1.807) is 24.3 Å². The molecule has 1 aromatic carbocycles. The Balaban J connectivity index is 2.74. The first-order valence-corrected chi connectivity index (χ1v) is 5.98. The summed E-state index contributed by atoms with van der Waals surface area (Å²) in [6, 6.07) is 6.87. The molecule has 100 valence electrons. The zero-order chi connectivity index (χ0) is 14.3. The molecular weight excluding hydrogens is 266 g/mol. The van der Waals surface area contributed by atoms with Crippen LogP contribution in [0.25, 0.3) is 0 Å². The topological polar surface area (TPSA) is 85.2 Å². The van der Waals surface area contributed by atoms with Gasteiger partial charge in [0.25, 0.3) is 5.91 Å². The van der Waals surface area contributed by atoms with Gasteiger partial charge < -0.3 is 15.7 Å². The van der Waals surface area contributed by atoms with Crippen molar-refractivity contribution in [1.29, 1.82) is 5.26 Å².